The van der Waals surface area contributed by atoms with Gasteiger partial charge in [-0.3, -0.25) is 0 Å². The number of nitrogens with one attached hydrogen (secondary N) is 1. The van der Waals surface area contributed by atoms with Gasteiger partial charge in [-0.15, -0.1) is 5.10 Å². The largest absolute Gasteiger partial charge is 0.464 e. The molecule has 160 valence electrons. The second-order valence-electron chi connectivity index (χ2n) is 6.84. The second-order valence-corrected chi connectivity index (χ2v) is 7.25. The minimum atomic E-state index is -0.700. The Morgan fingerprint density at radius 1 is 1.19 bits per heavy atom. The molecule has 0 unspecified atom stereocenters. The van der Waals surface area contributed by atoms with Gasteiger partial charge >= 0.3 is 5.97 Å². The van der Waals surface area contributed by atoms with Crippen molar-refractivity contribution in [3.8, 4) is 11.1 Å². The van der Waals surface area contributed by atoms with E-state index >= 15 is 0 Å². The van der Waals surface area contributed by atoms with Gasteiger partial charge in [0.1, 0.15) is 5.82 Å². The van der Waals surface area contributed by atoms with Crippen LogP contribution in [0.1, 0.15) is 10.5 Å². The molecule has 0 aliphatic carbocycles. The Labute approximate surface area is 183 Å². The van der Waals surface area contributed by atoms with E-state index in [-0.39, 0.29) is 22.0 Å². The molecule has 1 aromatic heterocycles. The quantitative estimate of drug-likeness (QED) is 0.590. The van der Waals surface area contributed by atoms with Gasteiger partial charge in [-0.05, 0) is 36.4 Å². The number of hydrogen-bond acceptors (Lipinski definition) is 7. The molecule has 2 heterocycles. The number of methoxy groups -OCH3 is 1. The predicted molar refractivity (Wildman–Crippen MR) is 117 cm³/mol. The Morgan fingerprint density at radius 3 is 2.61 bits per heavy atom. The monoisotopic (exact) mass is 442 g/mol. The summed E-state index contributed by atoms with van der Waals surface area (Å²) in [5.41, 5.74) is 2.35. The van der Waals surface area contributed by atoms with Crippen LogP contribution in [0, 0.1) is 5.82 Å². The number of ether oxygens (including phenoxy) is 2. The normalized spacial score (nSPS) is 13.7. The molecule has 4 rings (SSSR count). The molecule has 0 atom stereocenters. The van der Waals surface area contributed by atoms with Crippen molar-refractivity contribution in [2.45, 2.75) is 0 Å². The molecule has 2 aromatic carbocycles. The van der Waals surface area contributed by atoms with Crippen molar-refractivity contribution in [1.29, 1.82) is 0 Å². The van der Waals surface area contributed by atoms with Crippen LogP contribution in [0.5, 0.6) is 0 Å². The van der Waals surface area contributed by atoms with E-state index in [0.29, 0.717) is 24.5 Å². The number of hydrogen-bond donors (Lipinski definition) is 1. The van der Waals surface area contributed by atoms with Crippen LogP contribution in [0.15, 0.2) is 48.7 Å². The standard InChI is InChI=1S/C22H20ClFN4O3/c1-30-22(29)21-20(16(13-25-27-21)19-17(23)3-2-4-18(19)24)26-14-5-7-15(8-6-14)28-9-11-31-12-10-28/h2-8,13H,9-12H2,1H3,(H,25,26). The van der Waals surface area contributed by atoms with Crippen LogP contribution in [-0.2, 0) is 9.47 Å². The number of anilines is 3. The first-order valence-corrected chi connectivity index (χ1v) is 10.0. The molecule has 0 bridgehead atoms. The van der Waals surface area contributed by atoms with E-state index in [9.17, 15) is 9.18 Å². The fourth-order valence-electron chi connectivity index (χ4n) is 3.42. The number of esters is 1. The van der Waals surface area contributed by atoms with Gasteiger partial charge < -0.3 is 19.7 Å². The Bertz CT molecular complexity index is 1070. The molecule has 7 nitrogen and oxygen atoms in total. The zero-order chi connectivity index (χ0) is 21.8. The molecule has 0 spiro atoms. The van der Waals surface area contributed by atoms with Crippen LogP contribution in [0.4, 0.5) is 21.5 Å². The van der Waals surface area contributed by atoms with Gasteiger partial charge in [0.05, 0.1) is 37.2 Å². The minimum Gasteiger partial charge on any atom is -0.464 e. The highest BCUT2D eigenvalue weighted by Crippen LogP contribution is 2.38. The summed E-state index contributed by atoms with van der Waals surface area (Å²) in [5.74, 6) is -1.24. The van der Waals surface area contributed by atoms with Crippen molar-refractivity contribution in [2.24, 2.45) is 0 Å². The van der Waals surface area contributed by atoms with Crippen LogP contribution in [-0.4, -0.2) is 49.6 Å². The first kappa shape index (κ1) is 21.0. The summed E-state index contributed by atoms with van der Waals surface area (Å²) in [4.78, 5) is 14.6. The first-order valence-electron chi connectivity index (χ1n) is 9.66. The smallest absolute Gasteiger partial charge is 0.360 e. The number of carbonyl (C=O) groups excluding carboxylic acids is 1. The minimum absolute atomic E-state index is 0.0726. The number of nitrogens with zero attached hydrogens (tertiary/aromatic N) is 3. The molecule has 3 aromatic rings. The number of morpholine rings is 1. The van der Waals surface area contributed by atoms with Gasteiger partial charge in [-0.25, -0.2) is 9.18 Å². The van der Waals surface area contributed by atoms with Gasteiger partial charge in [-0.2, -0.15) is 5.10 Å². The highest BCUT2D eigenvalue weighted by atomic mass is 35.5. The van der Waals surface area contributed by atoms with E-state index < -0.39 is 11.8 Å². The number of benzene rings is 2. The summed E-state index contributed by atoms with van der Waals surface area (Å²) in [5, 5.41) is 11.1. The van der Waals surface area contributed by atoms with Crippen LogP contribution < -0.4 is 10.2 Å². The lowest BCUT2D eigenvalue weighted by Gasteiger charge is -2.29. The van der Waals surface area contributed by atoms with Crippen LogP contribution in [0.2, 0.25) is 5.02 Å². The Hall–Kier alpha value is -3.23. The van der Waals surface area contributed by atoms with Gasteiger partial charge in [0.2, 0.25) is 0 Å². The van der Waals surface area contributed by atoms with Crippen LogP contribution in [0.25, 0.3) is 11.1 Å². The van der Waals surface area contributed by atoms with E-state index in [1.807, 2.05) is 24.3 Å². The highest BCUT2D eigenvalue weighted by molar-refractivity contribution is 6.33. The van der Waals surface area contributed by atoms with Crippen molar-refractivity contribution >= 4 is 34.6 Å². The molecule has 31 heavy (non-hydrogen) atoms. The molecule has 1 fully saturated rings. The molecule has 1 aliphatic rings. The van der Waals surface area contributed by atoms with Crippen molar-refractivity contribution < 1.29 is 18.7 Å². The third kappa shape index (κ3) is 4.45. The number of aromatic nitrogens is 2. The van der Waals surface area contributed by atoms with E-state index in [4.69, 9.17) is 21.1 Å². The van der Waals surface area contributed by atoms with Gasteiger partial charge in [0.15, 0.2) is 5.69 Å². The van der Waals surface area contributed by atoms with E-state index in [2.05, 4.69) is 20.4 Å². The van der Waals surface area contributed by atoms with Crippen molar-refractivity contribution in [2.75, 3.05) is 43.6 Å². The first-order chi connectivity index (χ1) is 15.1. The molecule has 0 saturated carbocycles. The maximum atomic E-state index is 14.6. The molecule has 1 saturated heterocycles. The van der Waals surface area contributed by atoms with Gasteiger partial charge in [-0.1, -0.05) is 17.7 Å². The average Bonchev–Trinajstić information content (AvgIpc) is 2.80. The molecule has 1 aliphatic heterocycles. The number of halogens is 2. The maximum absolute atomic E-state index is 14.6. The van der Waals surface area contributed by atoms with Crippen molar-refractivity contribution in [3.63, 3.8) is 0 Å². The van der Waals surface area contributed by atoms with E-state index in [1.165, 1.54) is 25.4 Å². The average molecular weight is 443 g/mol. The summed E-state index contributed by atoms with van der Waals surface area (Å²) in [6, 6.07) is 12.1. The summed E-state index contributed by atoms with van der Waals surface area (Å²) in [6.45, 7) is 3.03. The molecular weight excluding hydrogens is 423 g/mol. The fraction of sp³-hybridized carbons (Fsp3) is 0.227. The van der Waals surface area contributed by atoms with E-state index in [1.54, 1.807) is 6.07 Å². The summed E-state index contributed by atoms with van der Waals surface area (Å²) in [6.07, 6.45) is 1.36. The molecule has 1 N–H and O–H groups in total. The molecule has 0 amide bonds. The number of carbonyl (C=O) groups is 1. The van der Waals surface area contributed by atoms with Gasteiger partial charge in [0.25, 0.3) is 0 Å². The Morgan fingerprint density at radius 2 is 1.94 bits per heavy atom. The predicted octanol–water partition coefficient (Wildman–Crippen LogP) is 4.30. The fourth-order valence-corrected chi connectivity index (χ4v) is 3.68. The summed E-state index contributed by atoms with van der Waals surface area (Å²) >= 11 is 6.26. The summed E-state index contributed by atoms with van der Waals surface area (Å²) < 4.78 is 24.9. The zero-order valence-electron chi connectivity index (χ0n) is 16.8. The lowest BCUT2D eigenvalue weighted by Crippen LogP contribution is -2.36. The van der Waals surface area contributed by atoms with E-state index in [0.717, 1.165) is 18.8 Å². The lowest BCUT2D eigenvalue weighted by atomic mass is 10.0. The topological polar surface area (TPSA) is 76.6 Å². The summed E-state index contributed by atoms with van der Waals surface area (Å²) in [7, 11) is 1.24. The SMILES string of the molecule is COC(=O)c1nncc(-c2c(F)cccc2Cl)c1Nc1ccc(N2CCOCC2)cc1. The molecular formula is C22H20ClFN4O3. The molecule has 9 heteroatoms. The highest BCUT2D eigenvalue weighted by Gasteiger charge is 2.23. The second kappa shape index (κ2) is 9.28. The Kier molecular flexibility index (Phi) is 6.29. The van der Waals surface area contributed by atoms with Gasteiger partial charge in [0, 0.05) is 35.6 Å². The van der Waals surface area contributed by atoms with Crippen molar-refractivity contribution in [1.82, 2.24) is 10.2 Å². The lowest BCUT2D eigenvalue weighted by molar-refractivity contribution is 0.0594. The zero-order valence-corrected chi connectivity index (χ0v) is 17.5. The third-order valence-electron chi connectivity index (χ3n) is 4.97. The van der Waals surface area contributed by atoms with Crippen LogP contribution in [0.3, 0.4) is 0 Å². The van der Waals surface area contributed by atoms with Crippen molar-refractivity contribution in [3.05, 3.63) is 65.2 Å². The Balaban J connectivity index is 1.73. The molecule has 0 radical (unpaired) electrons. The van der Waals surface area contributed by atoms with Crippen LogP contribution >= 0.6 is 11.6 Å². The number of rotatable bonds is 5. The maximum Gasteiger partial charge on any atom is 0.360 e. The third-order valence-corrected chi connectivity index (χ3v) is 5.29.